The largest absolute Gasteiger partial charge is 0.378 e. The van der Waals surface area contributed by atoms with Crippen molar-refractivity contribution >= 4 is 11.6 Å². The Kier molecular flexibility index (Phi) is 4.70. The van der Waals surface area contributed by atoms with Crippen molar-refractivity contribution in [3.63, 3.8) is 0 Å². The molecule has 1 aliphatic carbocycles. The number of benzene rings is 1. The monoisotopic (exact) mass is 340 g/mol. The predicted molar refractivity (Wildman–Crippen MR) is 95.8 cm³/mol. The maximum absolute atomic E-state index is 12.6. The molecule has 2 unspecified atom stereocenters. The fourth-order valence-electron chi connectivity index (χ4n) is 3.83. The Labute approximate surface area is 147 Å². The molecular formula is C19H24N4O2. The first kappa shape index (κ1) is 16.1. The number of morpholine rings is 1. The van der Waals surface area contributed by atoms with Crippen molar-refractivity contribution in [2.75, 3.05) is 31.2 Å². The SMILES string of the molecule is O=C(NC1CCCC1n1ccnc1)c1ccc(N2CCOCC2)cc1. The Morgan fingerprint density at radius 2 is 1.96 bits per heavy atom. The van der Waals surface area contributed by atoms with E-state index >= 15 is 0 Å². The third-order valence-electron chi connectivity index (χ3n) is 5.21. The Morgan fingerprint density at radius 1 is 1.16 bits per heavy atom. The van der Waals surface area contributed by atoms with E-state index < -0.39 is 0 Å². The van der Waals surface area contributed by atoms with Crippen LogP contribution in [0.15, 0.2) is 43.0 Å². The summed E-state index contributed by atoms with van der Waals surface area (Å²) in [5, 5.41) is 3.21. The van der Waals surface area contributed by atoms with E-state index in [0.717, 1.165) is 51.3 Å². The average molecular weight is 340 g/mol. The minimum Gasteiger partial charge on any atom is -0.378 e. The van der Waals surface area contributed by atoms with Gasteiger partial charge in [0, 0.05) is 42.8 Å². The summed E-state index contributed by atoms with van der Waals surface area (Å²) in [5.41, 5.74) is 1.87. The lowest BCUT2D eigenvalue weighted by Gasteiger charge is -2.29. The molecule has 1 aliphatic heterocycles. The van der Waals surface area contributed by atoms with E-state index in [4.69, 9.17) is 4.74 Å². The highest BCUT2D eigenvalue weighted by molar-refractivity contribution is 5.94. The second-order valence-corrected chi connectivity index (χ2v) is 6.73. The quantitative estimate of drug-likeness (QED) is 0.927. The molecule has 1 saturated carbocycles. The number of amides is 1. The fourth-order valence-corrected chi connectivity index (χ4v) is 3.83. The number of ether oxygens (including phenoxy) is 1. The lowest BCUT2D eigenvalue weighted by atomic mass is 10.1. The van der Waals surface area contributed by atoms with Crippen LogP contribution in [0, 0.1) is 0 Å². The van der Waals surface area contributed by atoms with Gasteiger partial charge in [0.25, 0.3) is 5.91 Å². The molecule has 1 N–H and O–H groups in total. The van der Waals surface area contributed by atoms with E-state index in [0.29, 0.717) is 11.6 Å². The Morgan fingerprint density at radius 3 is 2.68 bits per heavy atom. The van der Waals surface area contributed by atoms with Crippen LogP contribution in [-0.2, 0) is 4.74 Å². The van der Waals surface area contributed by atoms with Gasteiger partial charge >= 0.3 is 0 Å². The normalized spacial score (nSPS) is 23.6. The van der Waals surface area contributed by atoms with Crippen molar-refractivity contribution in [1.29, 1.82) is 0 Å². The van der Waals surface area contributed by atoms with Crippen LogP contribution in [0.3, 0.4) is 0 Å². The molecule has 25 heavy (non-hydrogen) atoms. The molecule has 1 aromatic heterocycles. The zero-order chi connectivity index (χ0) is 17.1. The molecule has 1 aromatic carbocycles. The van der Waals surface area contributed by atoms with Crippen LogP contribution >= 0.6 is 0 Å². The number of rotatable bonds is 4. The standard InChI is InChI=1S/C19H24N4O2/c24-19(21-17-2-1-3-18(17)23-9-8-20-14-23)15-4-6-16(7-5-15)22-10-12-25-13-11-22/h4-9,14,17-18H,1-3,10-13H2,(H,21,24). The van der Waals surface area contributed by atoms with Crippen LogP contribution in [0.4, 0.5) is 5.69 Å². The van der Waals surface area contributed by atoms with Crippen LogP contribution in [0.2, 0.25) is 0 Å². The summed E-state index contributed by atoms with van der Waals surface area (Å²) in [5.74, 6) is 0.00513. The third kappa shape index (κ3) is 3.54. The first-order chi connectivity index (χ1) is 12.3. The predicted octanol–water partition coefficient (Wildman–Crippen LogP) is 2.24. The molecule has 2 atom stereocenters. The number of aromatic nitrogens is 2. The van der Waals surface area contributed by atoms with Crippen molar-refractivity contribution < 1.29 is 9.53 Å². The molecule has 1 amide bonds. The Hall–Kier alpha value is -2.34. The van der Waals surface area contributed by atoms with Crippen LogP contribution in [-0.4, -0.2) is 47.8 Å². The average Bonchev–Trinajstić information content (AvgIpc) is 3.34. The lowest BCUT2D eigenvalue weighted by molar-refractivity contribution is 0.0929. The van der Waals surface area contributed by atoms with E-state index in [9.17, 15) is 4.79 Å². The van der Waals surface area contributed by atoms with E-state index in [1.807, 2.05) is 36.8 Å². The number of imidazole rings is 1. The molecule has 2 heterocycles. The maximum Gasteiger partial charge on any atom is 0.251 e. The summed E-state index contributed by atoms with van der Waals surface area (Å²) in [4.78, 5) is 19.1. The van der Waals surface area contributed by atoms with Gasteiger partial charge in [-0.05, 0) is 43.5 Å². The number of carbonyl (C=O) groups is 1. The van der Waals surface area contributed by atoms with E-state index in [-0.39, 0.29) is 11.9 Å². The van der Waals surface area contributed by atoms with Gasteiger partial charge in [-0.2, -0.15) is 0 Å². The maximum atomic E-state index is 12.6. The van der Waals surface area contributed by atoms with Gasteiger partial charge in [0.05, 0.1) is 25.6 Å². The van der Waals surface area contributed by atoms with Crippen molar-refractivity contribution in [2.45, 2.75) is 31.3 Å². The molecule has 0 radical (unpaired) electrons. The smallest absolute Gasteiger partial charge is 0.251 e. The highest BCUT2D eigenvalue weighted by Crippen LogP contribution is 2.30. The highest BCUT2D eigenvalue weighted by Gasteiger charge is 2.29. The molecule has 1 saturated heterocycles. The van der Waals surface area contributed by atoms with Gasteiger partial charge in [0.15, 0.2) is 0 Å². The molecule has 132 valence electrons. The zero-order valence-electron chi connectivity index (χ0n) is 14.3. The van der Waals surface area contributed by atoms with Gasteiger partial charge in [-0.1, -0.05) is 0 Å². The highest BCUT2D eigenvalue weighted by atomic mass is 16.5. The van der Waals surface area contributed by atoms with Crippen molar-refractivity contribution in [1.82, 2.24) is 14.9 Å². The summed E-state index contributed by atoms with van der Waals surface area (Å²) in [6, 6.07) is 8.37. The van der Waals surface area contributed by atoms with Crippen molar-refractivity contribution in [3.8, 4) is 0 Å². The lowest BCUT2D eigenvalue weighted by Crippen LogP contribution is -2.38. The van der Waals surface area contributed by atoms with Crippen LogP contribution < -0.4 is 10.2 Å². The van der Waals surface area contributed by atoms with Crippen LogP contribution in [0.25, 0.3) is 0 Å². The number of anilines is 1. The van der Waals surface area contributed by atoms with Gasteiger partial charge < -0.3 is 19.5 Å². The van der Waals surface area contributed by atoms with Crippen LogP contribution in [0.1, 0.15) is 35.7 Å². The van der Waals surface area contributed by atoms with Gasteiger partial charge in [0.2, 0.25) is 0 Å². The van der Waals surface area contributed by atoms with Gasteiger partial charge in [-0.25, -0.2) is 4.98 Å². The van der Waals surface area contributed by atoms with Crippen molar-refractivity contribution in [3.05, 3.63) is 48.5 Å². The number of nitrogens with zero attached hydrogens (tertiary/aromatic N) is 3. The Bertz CT molecular complexity index is 693. The number of hydrogen-bond acceptors (Lipinski definition) is 4. The molecule has 4 rings (SSSR count). The molecule has 0 spiro atoms. The number of carbonyl (C=O) groups excluding carboxylic acids is 1. The van der Waals surface area contributed by atoms with E-state index in [1.165, 1.54) is 0 Å². The third-order valence-corrected chi connectivity index (χ3v) is 5.21. The molecular weight excluding hydrogens is 316 g/mol. The van der Waals surface area contributed by atoms with Crippen molar-refractivity contribution in [2.24, 2.45) is 0 Å². The van der Waals surface area contributed by atoms with E-state index in [2.05, 4.69) is 19.8 Å². The summed E-state index contributed by atoms with van der Waals surface area (Å²) < 4.78 is 7.50. The van der Waals surface area contributed by atoms with Gasteiger partial charge in [-0.15, -0.1) is 0 Å². The number of nitrogens with one attached hydrogen (secondary N) is 1. The first-order valence-electron chi connectivity index (χ1n) is 9.02. The summed E-state index contributed by atoms with van der Waals surface area (Å²) in [6.07, 6.45) is 8.83. The molecule has 2 fully saturated rings. The minimum atomic E-state index is 0.00513. The molecule has 6 heteroatoms. The second-order valence-electron chi connectivity index (χ2n) is 6.73. The molecule has 6 nitrogen and oxygen atoms in total. The fraction of sp³-hybridized carbons (Fsp3) is 0.474. The molecule has 2 aliphatic rings. The summed E-state index contributed by atoms with van der Waals surface area (Å²) in [7, 11) is 0. The molecule has 2 aromatic rings. The van der Waals surface area contributed by atoms with Gasteiger partial charge in [0.1, 0.15) is 0 Å². The van der Waals surface area contributed by atoms with Gasteiger partial charge in [-0.3, -0.25) is 4.79 Å². The minimum absolute atomic E-state index is 0.00513. The second kappa shape index (κ2) is 7.27. The zero-order valence-corrected chi connectivity index (χ0v) is 14.3. The summed E-state index contributed by atoms with van der Waals surface area (Å²) in [6.45, 7) is 3.33. The Balaban J connectivity index is 1.40. The van der Waals surface area contributed by atoms with E-state index in [1.54, 1.807) is 6.20 Å². The summed E-state index contributed by atoms with van der Waals surface area (Å²) >= 11 is 0. The first-order valence-corrected chi connectivity index (χ1v) is 9.02. The number of hydrogen-bond donors (Lipinski definition) is 1. The van der Waals surface area contributed by atoms with Crippen LogP contribution in [0.5, 0.6) is 0 Å². The molecule has 0 bridgehead atoms. The topological polar surface area (TPSA) is 59.4 Å².